The number of nitrogens with one attached hydrogen (secondary N) is 1. The Kier molecular flexibility index (Phi) is 5.97. The molecule has 2 fully saturated rings. The van der Waals surface area contributed by atoms with E-state index in [-0.39, 0.29) is 0 Å². The molecule has 0 bridgehead atoms. The molecule has 0 aromatic carbocycles. The number of hydrogen-bond acceptors (Lipinski definition) is 2. The minimum Gasteiger partial charge on any atom is -0.317 e. The summed E-state index contributed by atoms with van der Waals surface area (Å²) in [5.41, 5.74) is 0. The molecule has 2 rings (SSSR count). The van der Waals surface area contributed by atoms with Crippen LogP contribution in [-0.4, -0.2) is 37.1 Å². The fraction of sp³-hybridized carbons (Fsp3) is 1.00. The molecule has 18 heavy (non-hydrogen) atoms. The van der Waals surface area contributed by atoms with Gasteiger partial charge >= 0.3 is 0 Å². The van der Waals surface area contributed by atoms with Gasteiger partial charge in [-0.15, -0.1) is 0 Å². The van der Waals surface area contributed by atoms with Gasteiger partial charge in [-0.25, -0.2) is 0 Å². The molecule has 1 aliphatic heterocycles. The maximum atomic E-state index is 3.43. The Bertz CT molecular complexity index is 229. The second-order valence-electron chi connectivity index (χ2n) is 6.43. The number of fused-ring (bicyclic) bond motifs is 1. The summed E-state index contributed by atoms with van der Waals surface area (Å²) in [7, 11) is 0. The summed E-state index contributed by atoms with van der Waals surface area (Å²) in [4.78, 5) is 2.78. The molecule has 0 aromatic rings. The van der Waals surface area contributed by atoms with Crippen LogP contribution in [0.15, 0.2) is 0 Å². The Morgan fingerprint density at radius 1 is 1.17 bits per heavy atom. The van der Waals surface area contributed by atoms with Gasteiger partial charge in [-0.2, -0.15) is 0 Å². The molecule has 1 aliphatic carbocycles. The molecular weight excluding hydrogens is 220 g/mol. The third-order valence-corrected chi connectivity index (χ3v) is 5.17. The third-order valence-electron chi connectivity index (χ3n) is 5.17. The molecule has 2 heteroatoms. The number of hydrogen-bond donors (Lipinski definition) is 1. The van der Waals surface area contributed by atoms with E-state index < -0.39 is 0 Å². The Labute approximate surface area is 114 Å². The highest BCUT2D eigenvalue weighted by molar-refractivity contribution is 4.85. The van der Waals surface area contributed by atoms with E-state index in [2.05, 4.69) is 24.1 Å². The van der Waals surface area contributed by atoms with E-state index in [0.29, 0.717) is 0 Å². The van der Waals surface area contributed by atoms with Gasteiger partial charge in [0.05, 0.1) is 0 Å². The highest BCUT2D eigenvalue weighted by Crippen LogP contribution is 2.36. The highest BCUT2D eigenvalue weighted by atomic mass is 15.2. The van der Waals surface area contributed by atoms with Gasteiger partial charge in [0.25, 0.3) is 0 Å². The number of nitrogens with zero attached hydrogens (tertiary/aromatic N) is 1. The largest absolute Gasteiger partial charge is 0.317 e. The van der Waals surface area contributed by atoms with E-state index >= 15 is 0 Å². The molecule has 3 unspecified atom stereocenters. The maximum Gasteiger partial charge on any atom is 0.00675 e. The van der Waals surface area contributed by atoms with Crippen LogP contribution in [0.25, 0.3) is 0 Å². The fourth-order valence-electron chi connectivity index (χ4n) is 3.91. The van der Waals surface area contributed by atoms with Crippen LogP contribution in [0, 0.1) is 11.8 Å². The number of rotatable bonds is 6. The zero-order chi connectivity index (χ0) is 12.8. The van der Waals surface area contributed by atoms with Gasteiger partial charge in [-0.1, -0.05) is 26.2 Å². The Morgan fingerprint density at radius 2 is 1.94 bits per heavy atom. The van der Waals surface area contributed by atoms with E-state index in [9.17, 15) is 0 Å². The molecule has 1 heterocycles. The SMILES string of the molecule is CCNCCCC(C)N1CCC2CCCCC2C1. The lowest BCUT2D eigenvalue weighted by atomic mass is 9.75. The monoisotopic (exact) mass is 252 g/mol. The minimum atomic E-state index is 0.798. The quantitative estimate of drug-likeness (QED) is 0.730. The summed E-state index contributed by atoms with van der Waals surface area (Å²) in [5.74, 6) is 2.10. The zero-order valence-corrected chi connectivity index (χ0v) is 12.5. The average molecular weight is 252 g/mol. The lowest BCUT2D eigenvalue weighted by Crippen LogP contribution is -2.45. The lowest BCUT2D eigenvalue weighted by Gasteiger charge is -2.43. The van der Waals surface area contributed by atoms with Crippen LogP contribution in [0.4, 0.5) is 0 Å². The van der Waals surface area contributed by atoms with Crippen molar-refractivity contribution in [3.63, 3.8) is 0 Å². The fourth-order valence-corrected chi connectivity index (χ4v) is 3.91. The molecule has 0 amide bonds. The van der Waals surface area contributed by atoms with Gasteiger partial charge in [-0.3, -0.25) is 0 Å². The summed E-state index contributed by atoms with van der Waals surface area (Å²) in [6, 6.07) is 0.798. The smallest absolute Gasteiger partial charge is 0.00675 e. The summed E-state index contributed by atoms with van der Waals surface area (Å²) >= 11 is 0. The lowest BCUT2D eigenvalue weighted by molar-refractivity contribution is 0.0588. The van der Waals surface area contributed by atoms with Crippen molar-refractivity contribution in [1.29, 1.82) is 0 Å². The first kappa shape index (κ1) is 14.3. The third kappa shape index (κ3) is 3.96. The van der Waals surface area contributed by atoms with Gasteiger partial charge in [0.2, 0.25) is 0 Å². The standard InChI is InChI=1S/C16H32N2/c1-3-17-11-6-7-14(2)18-12-10-15-8-4-5-9-16(15)13-18/h14-17H,3-13H2,1-2H3. The van der Waals surface area contributed by atoms with Crippen molar-refractivity contribution in [2.24, 2.45) is 11.8 Å². The van der Waals surface area contributed by atoms with Gasteiger partial charge in [0.1, 0.15) is 0 Å². The topological polar surface area (TPSA) is 15.3 Å². The van der Waals surface area contributed by atoms with E-state index in [4.69, 9.17) is 0 Å². The molecule has 1 N–H and O–H groups in total. The predicted octanol–water partition coefficient (Wildman–Crippen LogP) is 3.28. The Balaban J connectivity index is 1.69. The van der Waals surface area contributed by atoms with Crippen LogP contribution in [0.5, 0.6) is 0 Å². The van der Waals surface area contributed by atoms with Crippen LogP contribution < -0.4 is 5.32 Å². The van der Waals surface area contributed by atoms with E-state index in [1.54, 1.807) is 0 Å². The van der Waals surface area contributed by atoms with Gasteiger partial charge in [0, 0.05) is 12.6 Å². The van der Waals surface area contributed by atoms with E-state index in [1.165, 1.54) is 64.6 Å². The molecule has 0 spiro atoms. The van der Waals surface area contributed by atoms with Crippen LogP contribution in [0.3, 0.4) is 0 Å². The summed E-state index contributed by atoms with van der Waals surface area (Å²) in [5, 5.41) is 3.43. The maximum absolute atomic E-state index is 3.43. The molecule has 2 nitrogen and oxygen atoms in total. The first-order chi connectivity index (χ1) is 8.81. The molecule has 1 saturated carbocycles. The van der Waals surface area contributed by atoms with Crippen LogP contribution >= 0.6 is 0 Å². The van der Waals surface area contributed by atoms with E-state index in [1.807, 2.05) is 0 Å². The van der Waals surface area contributed by atoms with Gasteiger partial charge in [-0.05, 0) is 64.1 Å². The van der Waals surface area contributed by atoms with Crippen LogP contribution in [-0.2, 0) is 0 Å². The van der Waals surface area contributed by atoms with Crippen LogP contribution in [0.2, 0.25) is 0 Å². The summed E-state index contributed by atoms with van der Waals surface area (Å²) in [6.07, 6.45) is 10.2. The van der Waals surface area contributed by atoms with Gasteiger partial charge < -0.3 is 10.2 Å². The van der Waals surface area contributed by atoms with Crippen LogP contribution in [0.1, 0.15) is 58.8 Å². The second kappa shape index (κ2) is 7.49. The molecule has 2 aliphatic rings. The van der Waals surface area contributed by atoms with Crippen molar-refractivity contribution in [2.45, 2.75) is 64.8 Å². The van der Waals surface area contributed by atoms with Crippen molar-refractivity contribution in [3.05, 3.63) is 0 Å². The zero-order valence-electron chi connectivity index (χ0n) is 12.5. The van der Waals surface area contributed by atoms with E-state index in [0.717, 1.165) is 24.4 Å². The first-order valence-corrected chi connectivity index (χ1v) is 8.26. The highest BCUT2D eigenvalue weighted by Gasteiger charge is 2.32. The minimum absolute atomic E-state index is 0.798. The normalized spacial score (nSPS) is 31.0. The van der Waals surface area contributed by atoms with Crippen molar-refractivity contribution in [2.75, 3.05) is 26.2 Å². The first-order valence-electron chi connectivity index (χ1n) is 8.26. The van der Waals surface area contributed by atoms with Crippen molar-refractivity contribution in [3.8, 4) is 0 Å². The van der Waals surface area contributed by atoms with Crippen molar-refractivity contribution < 1.29 is 0 Å². The molecular formula is C16H32N2. The molecule has 0 aromatic heterocycles. The molecule has 106 valence electrons. The predicted molar refractivity (Wildman–Crippen MR) is 78.9 cm³/mol. The number of piperidine rings is 1. The Hall–Kier alpha value is -0.0800. The number of likely N-dealkylation sites (tertiary alicyclic amines) is 1. The van der Waals surface area contributed by atoms with Crippen molar-refractivity contribution in [1.82, 2.24) is 10.2 Å². The molecule has 0 radical (unpaired) electrons. The van der Waals surface area contributed by atoms with Gasteiger partial charge in [0.15, 0.2) is 0 Å². The second-order valence-corrected chi connectivity index (χ2v) is 6.43. The Morgan fingerprint density at radius 3 is 2.72 bits per heavy atom. The summed E-state index contributed by atoms with van der Waals surface area (Å²) < 4.78 is 0. The summed E-state index contributed by atoms with van der Waals surface area (Å²) in [6.45, 7) is 9.70. The van der Waals surface area contributed by atoms with Crippen molar-refractivity contribution >= 4 is 0 Å². The molecule has 3 atom stereocenters. The molecule has 1 saturated heterocycles. The average Bonchev–Trinajstić information content (AvgIpc) is 2.43.